The van der Waals surface area contributed by atoms with E-state index < -0.39 is 17.8 Å². The molecule has 0 aliphatic heterocycles. The van der Waals surface area contributed by atoms with Crippen molar-refractivity contribution in [3.05, 3.63) is 70.2 Å². The van der Waals surface area contributed by atoms with Gasteiger partial charge in [0.15, 0.2) is 0 Å². The van der Waals surface area contributed by atoms with Crippen LogP contribution in [0.5, 0.6) is 0 Å². The van der Waals surface area contributed by atoms with Gasteiger partial charge in [0.25, 0.3) is 0 Å². The number of nitrogens with one attached hydrogen (secondary N) is 1. The lowest BCUT2D eigenvalue weighted by molar-refractivity contribution is -0.137. The molecule has 0 spiro atoms. The number of hydrogen-bond donors (Lipinski definition) is 2. The average Bonchev–Trinajstić information content (AvgIpc) is 2.54. The van der Waals surface area contributed by atoms with Crippen molar-refractivity contribution in [2.45, 2.75) is 18.7 Å². The highest BCUT2D eigenvalue weighted by atomic mass is 35.5. The maximum Gasteiger partial charge on any atom is 0.416 e. The molecule has 0 aliphatic carbocycles. The summed E-state index contributed by atoms with van der Waals surface area (Å²) in [6.07, 6.45) is -5.38. The van der Waals surface area contributed by atoms with Crippen LogP contribution in [0.1, 0.15) is 22.8 Å². The van der Waals surface area contributed by atoms with E-state index in [2.05, 4.69) is 5.32 Å². The molecular formula is C17H15ClF3NO2. The van der Waals surface area contributed by atoms with Crippen molar-refractivity contribution >= 4 is 17.5 Å². The van der Waals surface area contributed by atoms with Crippen LogP contribution in [0.15, 0.2) is 48.5 Å². The van der Waals surface area contributed by atoms with Gasteiger partial charge in [-0.3, -0.25) is 4.79 Å². The second kappa shape index (κ2) is 7.68. The Labute approximate surface area is 142 Å². The predicted octanol–water partition coefficient (Wildman–Crippen LogP) is 3.75. The van der Waals surface area contributed by atoms with Crippen molar-refractivity contribution in [1.82, 2.24) is 5.32 Å². The molecule has 0 bridgehead atoms. The molecule has 2 rings (SSSR count). The third-order valence-corrected chi connectivity index (χ3v) is 3.65. The van der Waals surface area contributed by atoms with E-state index in [1.54, 1.807) is 24.3 Å². The van der Waals surface area contributed by atoms with Crippen LogP contribution >= 0.6 is 11.6 Å². The molecule has 128 valence electrons. The Morgan fingerprint density at radius 1 is 1.08 bits per heavy atom. The maximum absolute atomic E-state index is 12.5. The first-order valence-electron chi connectivity index (χ1n) is 7.12. The van der Waals surface area contributed by atoms with Crippen LogP contribution in [0.4, 0.5) is 13.2 Å². The Bertz CT molecular complexity index is 684. The van der Waals surface area contributed by atoms with Crippen molar-refractivity contribution in [3.8, 4) is 0 Å². The van der Waals surface area contributed by atoms with Gasteiger partial charge in [-0.25, -0.2) is 0 Å². The maximum atomic E-state index is 12.5. The van der Waals surface area contributed by atoms with Gasteiger partial charge in [0.05, 0.1) is 18.1 Å². The Kier molecular flexibility index (Phi) is 5.85. The molecule has 24 heavy (non-hydrogen) atoms. The average molecular weight is 358 g/mol. The Morgan fingerprint density at radius 2 is 1.67 bits per heavy atom. The fourth-order valence-electron chi connectivity index (χ4n) is 2.07. The summed E-state index contributed by atoms with van der Waals surface area (Å²) in [5, 5.41) is 13.1. The summed E-state index contributed by atoms with van der Waals surface area (Å²) < 4.78 is 37.4. The van der Waals surface area contributed by atoms with Crippen molar-refractivity contribution in [2.24, 2.45) is 0 Å². The minimum atomic E-state index is -4.42. The number of amides is 1. The van der Waals surface area contributed by atoms with Crippen molar-refractivity contribution < 1.29 is 23.1 Å². The molecule has 1 unspecified atom stereocenters. The quantitative estimate of drug-likeness (QED) is 0.856. The number of aliphatic hydroxyl groups is 1. The predicted molar refractivity (Wildman–Crippen MR) is 84.6 cm³/mol. The van der Waals surface area contributed by atoms with E-state index >= 15 is 0 Å². The van der Waals surface area contributed by atoms with Gasteiger partial charge in [0.2, 0.25) is 5.91 Å². The van der Waals surface area contributed by atoms with E-state index in [-0.39, 0.29) is 18.9 Å². The van der Waals surface area contributed by atoms with Crippen molar-refractivity contribution in [2.75, 3.05) is 6.54 Å². The van der Waals surface area contributed by atoms with E-state index in [1.165, 1.54) is 12.1 Å². The smallest absolute Gasteiger partial charge is 0.387 e. The number of alkyl halides is 3. The molecule has 0 radical (unpaired) electrons. The van der Waals surface area contributed by atoms with Gasteiger partial charge in [0.1, 0.15) is 0 Å². The summed E-state index contributed by atoms with van der Waals surface area (Å²) in [5.74, 6) is -0.303. The zero-order valence-electron chi connectivity index (χ0n) is 12.5. The molecule has 3 nitrogen and oxygen atoms in total. The summed E-state index contributed by atoms with van der Waals surface area (Å²) >= 11 is 5.75. The number of halogens is 4. The minimum Gasteiger partial charge on any atom is -0.387 e. The molecule has 0 heterocycles. The van der Waals surface area contributed by atoms with E-state index in [1.807, 2.05) is 0 Å². The van der Waals surface area contributed by atoms with Gasteiger partial charge in [-0.15, -0.1) is 0 Å². The van der Waals surface area contributed by atoms with Crippen molar-refractivity contribution in [3.63, 3.8) is 0 Å². The highest BCUT2D eigenvalue weighted by Crippen LogP contribution is 2.29. The first-order valence-corrected chi connectivity index (χ1v) is 7.50. The number of carbonyl (C=O) groups is 1. The standard InChI is InChI=1S/C17H15ClF3NO2/c18-14-7-1-11(2-8-14)9-16(24)22-10-15(23)12-3-5-13(6-4-12)17(19,20)21/h1-8,15,23H,9-10H2,(H,22,24). The molecule has 0 fully saturated rings. The summed E-state index contributed by atoms with van der Waals surface area (Å²) in [6, 6.07) is 10.9. The molecule has 0 saturated carbocycles. The molecule has 1 amide bonds. The van der Waals surface area contributed by atoms with Crippen LogP contribution in [-0.4, -0.2) is 17.6 Å². The topological polar surface area (TPSA) is 49.3 Å². The third kappa shape index (κ3) is 5.25. The first-order chi connectivity index (χ1) is 11.3. The zero-order chi connectivity index (χ0) is 17.7. The number of hydrogen-bond acceptors (Lipinski definition) is 2. The largest absolute Gasteiger partial charge is 0.416 e. The lowest BCUT2D eigenvalue weighted by Crippen LogP contribution is -2.29. The van der Waals surface area contributed by atoms with Crippen molar-refractivity contribution in [1.29, 1.82) is 0 Å². The van der Waals surface area contributed by atoms with Gasteiger partial charge < -0.3 is 10.4 Å². The Morgan fingerprint density at radius 3 is 2.21 bits per heavy atom. The summed E-state index contributed by atoms with van der Waals surface area (Å²) in [7, 11) is 0. The molecule has 2 aromatic carbocycles. The number of carbonyl (C=O) groups excluding carboxylic acids is 1. The van der Waals surface area contributed by atoms with Crippen LogP contribution in [0.2, 0.25) is 5.02 Å². The molecule has 0 aromatic heterocycles. The number of rotatable bonds is 5. The normalized spacial score (nSPS) is 12.7. The molecule has 0 aliphatic rings. The second-order valence-corrected chi connectivity index (χ2v) is 5.68. The van der Waals surface area contributed by atoms with E-state index in [0.29, 0.717) is 10.6 Å². The molecule has 2 aromatic rings. The second-order valence-electron chi connectivity index (χ2n) is 5.24. The molecular weight excluding hydrogens is 343 g/mol. The van der Waals surface area contributed by atoms with Gasteiger partial charge in [-0.2, -0.15) is 13.2 Å². The highest BCUT2D eigenvalue weighted by Gasteiger charge is 2.30. The Balaban J connectivity index is 1.87. The summed E-state index contributed by atoms with van der Waals surface area (Å²) in [5.41, 5.74) is 0.279. The van der Waals surface area contributed by atoms with Crippen LogP contribution in [0, 0.1) is 0 Å². The SMILES string of the molecule is O=C(Cc1ccc(Cl)cc1)NCC(O)c1ccc(C(F)(F)F)cc1. The molecule has 0 saturated heterocycles. The monoisotopic (exact) mass is 357 g/mol. The van der Waals surface area contributed by atoms with E-state index in [9.17, 15) is 23.1 Å². The highest BCUT2D eigenvalue weighted by molar-refractivity contribution is 6.30. The van der Waals surface area contributed by atoms with Gasteiger partial charge in [-0.05, 0) is 35.4 Å². The number of aliphatic hydroxyl groups excluding tert-OH is 1. The summed E-state index contributed by atoms with van der Waals surface area (Å²) in [4.78, 5) is 11.8. The van der Waals surface area contributed by atoms with Crippen LogP contribution < -0.4 is 5.32 Å². The number of benzene rings is 2. The van der Waals surface area contributed by atoms with Crippen LogP contribution in [0.3, 0.4) is 0 Å². The van der Waals surface area contributed by atoms with Gasteiger partial charge in [-0.1, -0.05) is 35.9 Å². The van der Waals surface area contributed by atoms with Crippen LogP contribution in [0.25, 0.3) is 0 Å². The summed E-state index contributed by atoms with van der Waals surface area (Å²) in [6.45, 7) is -0.0855. The van der Waals surface area contributed by atoms with Crippen LogP contribution in [-0.2, 0) is 17.4 Å². The molecule has 7 heteroatoms. The van der Waals surface area contributed by atoms with Gasteiger partial charge in [0, 0.05) is 11.6 Å². The lowest BCUT2D eigenvalue weighted by atomic mass is 10.1. The molecule has 1 atom stereocenters. The molecule has 2 N–H and O–H groups in total. The zero-order valence-corrected chi connectivity index (χ0v) is 13.2. The Hall–Kier alpha value is -2.05. The first kappa shape index (κ1) is 18.3. The lowest BCUT2D eigenvalue weighted by Gasteiger charge is -2.14. The minimum absolute atomic E-state index is 0.0855. The fourth-order valence-corrected chi connectivity index (χ4v) is 2.20. The van der Waals surface area contributed by atoms with Gasteiger partial charge >= 0.3 is 6.18 Å². The van der Waals surface area contributed by atoms with E-state index in [0.717, 1.165) is 17.7 Å². The fraction of sp³-hybridized carbons (Fsp3) is 0.235. The van der Waals surface area contributed by atoms with E-state index in [4.69, 9.17) is 11.6 Å². The third-order valence-electron chi connectivity index (χ3n) is 3.39.